The van der Waals surface area contributed by atoms with E-state index in [-0.39, 0.29) is 23.0 Å². The minimum atomic E-state index is -0.755. The lowest BCUT2D eigenvalue weighted by atomic mass is 10.1. The van der Waals surface area contributed by atoms with Crippen LogP contribution in [-0.2, 0) is 9.53 Å². The zero-order valence-electron chi connectivity index (χ0n) is 19.2. The van der Waals surface area contributed by atoms with Crippen molar-refractivity contribution in [1.82, 2.24) is 0 Å². The van der Waals surface area contributed by atoms with E-state index in [1.165, 1.54) is 7.11 Å². The van der Waals surface area contributed by atoms with Gasteiger partial charge in [0.1, 0.15) is 16.4 Å². The van der Waals surface area contributed by atoms with Gasteiger partial charge in [-0.2, -0.15) is 0 Å². The van der Waals surface area contributed by atoms with E-state index in [1.54, 1.807) is 49.4 Å². The fourth-order valence-electron chi connectivity index (χ4n) is 3.08. The molecule has 0 saturated heterocycles. The maximum absolute atomic E-state index is 12.7. The third-order valence-corrected chi connectivity index (χ3v) is 6.45. The Bertz CT molecular complexity index is 1200. The molecule has 0 saturated carbocycles. The van der Waals surface area contributed by atoms with Gasteiger partial charge in [-0.3, -0.25) is 4.79 Å². The first-order valence-electron chi connectivity index (χ1n) is 10.5. The molecule has 34 heavy (non-hydrogen) atoms. The number of aliphatic hydroxyl groups is 1. The Morgan fingerprint density at radius 3 is 2.44 bits per heavy atom. The Kier molecular flexibility index (Phi) is 8.57. The second-order valence-corrected chi connectivity index (χ2v) is 8.99. The number of hydrogen-bond donors (Lipinski definition) is 1. The van der Waals surface area contributed by atoms with Crippen molar-refractivity contribution >= 4 is 50.7 Å². The topological polar surface area (TPSA) is 94.4 Å². The molecule has 0 atom stereocenters. The number of carbonyl (C=O) groups excluding carboxylic acids is 2. The van der Waals surface area contributed by atoms with Crippen LogP contribution in [0.3, 0.4) is 0 Å². The molecule has 0 bridgehead atoms. The first-order chi connectivity index (χ1) is 16.3. The van der Waals surface area contributed by atoms with E-state index in [0.29, 0.717) is 38.6 Å². The Morgan fingerprint density at radius 1 is 1.12 bits per heavy atom. The predicted octanol–water partition coefficient (Wildman–Crippen LogP) is 5.87. The van der Waals surface area contributed by atoms with Gasteiger partial charge in [0.05, 0.1) is 25.2 Å². The Morgan fingerprint density at radius 2 is 1.82 bits per heavy atom. The monoisotopic (exact) mass is 545 g/mol. The molecule has 2 aromatic rings. The maximum Gasteiger partial charge on any atom is 0.344 e. The van der Waals surface area contributed by atoms with Crippen molar-refractivity contribution in [2.24, 2.45) is 4.99 Å². The van der Waals surface area contributed by atoms with Crippen molar-refractivity contribution in [2.45, 2.75) is 20.8 Å². The van der Waals surface area contributed by atoms with Crippen LogP contribution in [-0.4, -0.2) is 42.4 Å². The number of ether oxygens (including phenoxy) is 3. The normalized spacial score (nSPS) is 15.7. The van der Waals surface area contributed by atoms with Gasteiger partial charge in [0, 0.05) is 10.0 Å². The molecule has 0 spiro atoms. The van der Waals surface area contributed by atoms with Crippen LogP contribution in [0.5, 0.6) is 11.5 Å². The van der Waals surface area contributed by atoms with Crippen molar-refractivity contribution in [3.05, 3.63) is 73.8 Å². The number of amides is 1. The van der Waals surface area contributed by atoms with E-state index in [0.717, 1.165) is 17.3 Å². The van der Waals surface area contributed by atoms with Crippen molar-refractivity contribution in [2.75, 3.05) is 20.3 Å². The minimum absolute atomic E-state index is 0.0711. The number of rotatable bonds is 7. The number of aliphatic hydroxyl groups excluding tert-OH is 1. The van der Waals surface area contributed by atoms with Crippen LogP contribution in [0.2, 0.25) is 0 Å². The van der Waals surface area contributed by atoms with Crippen LogP contribution in [0.15, 0.2) is 62.1 Å². The highest BCUT2D eigenvalue weighted by molar-refractivity contribution is 9.10. The van der Waals surface area contributed by atoms with Gasteiger partial charge in [-0.15, -0.1) is 0 Å². The summed E-state index contributed by atoms with van der Waals surface area (Å²) in [7, 11) is 1.53. The van der Waals surface area contributed by atoms with Crippen molar-refractivity contribution in [3.8, 4) is 11.5 Å². The molecule has 2 aromatic carbocycles. The summed E-state index contributed by atoms with van der Waals surface area (Å²) in [6.07, 6.45) is 1.67. The average molecular weight is 546 g/mol. The van der Waals surface area contributed by atoms with Gasteiger partial charge in [-0.1, -0.05) is 45.4 Å². The first-order valence-corrected chi connectivity index (χ1v) is 12.1. The highest BCUT2D eigenvalue weighted by Crippen LogP contribution is 2.41. The van der Waals surface area contributed by atoms with E-state index in [4.69, 9.17) is 14.2 Å². The lowest BCUT2D eigenvalue weighted by Crippen LogP contribution is -2.14. The van der Waals surface area contributed by atoms with E-state index < -0.39 is 11.9 Å². The zero-order chi connectivity index (χ0) is 24.8. The number of aryl methyl sites for hydroxylation is 1. The van der Waals surface area contributed by atoms with Gasteiger partial charge in [0.2, 0.25) is 0 Å². The third kappa shape index (κ3) is 5.71. The Labute approximate surface area is 210 Å². The second-order valence-electron chi connectivity index (χ2n) is 7.10. The molecule has 0 unspecified atom stereocenters. The summed E-state index contributed by atoms with van der Waals surface area (Å²) in [5.41, 5.74) is 1.90. The quantitative estimate of drug-likeness (QED) is 0.435. The molecule has 1 aliphatic rings. The van der Waals surface area contributed by atoms with Crippen molar-refractivity contribution in [3.63, 3.8) is 0 Å². The van der Waals surface area contributed by atoms with Gasteiger partial charge < -0.3 is 19.3 Å². The molecule has 0 radical (unpaired) electrons. The average Bonchev–Trinajstić information content (AvgIpc) is 3.10. The van der Waals surface area contributed by atoms with Crippen molar-refractivity contribution in [1.29, 1.82) is 0 Å². The van der Waals surface area contributed by atoms with Crippen LogP contribution in [0.25, 0.3) is 6.08 Å². The summed E-state index contributed by atoms with van der Waals surface area (Å²) < 4.78 is 16.8. The molecule has 7 nitrogen and oxygen atoms in total. The number of nitrogens with zero attached hydrogens (tertiary/aromatic N) is 1. The molecular formula is C25H24BrNO6S. The van der Waals surface area contributed by atoms with Gasteiger partial charge in [-0.25, -0.2) is 9.79 Å². The highest BCUT2D eigenvalue weighted by Gasteiger charge is 2.34. The van der Waals surface area contributed by atoms with E-state index in [9.17, 15) is 14.7 Å². The number of hydrogen-bond acceptors (Lipinski definition) is 7. The van der Waals surface area contributed by atoms with Gasteiger partial charge in [-0.05, 0) is 56.7 Å². The lowest BCUT2D eigenvalue weighted by molar-refractivity contribution is -0.138. The van der Waals surface area contributed by atoms with Crippen LogP contribution in [0, 0.1) is 6.92 Å². The Balaban J connectivity index is 2.04. The minimum Gasteiger partial charge on any atom is -0.506 e. The number of esters is 1. The zero-order valence-corrected chi connectivity index (χ0v) is 21.6. The summed E-state index contributed by atoms with van der Waals surface area (Å²) in [6, 6.07) is 10.4. The van der Waals surface area contributed by atoms with Crippen LogP contribution < -0.4 is 9.47 Å². The summed E-state index contributed by atoms with van der Waals surface area (Å²) in [5, 5.41) is 11.0. The predicted molar refractivity (Wildman–Crippen MR) is 137 cm³/mol. The standard InChI is InChI=1S/C25H24BrNO6S/c1-5-32-19-13-17(26)16(11-18(19)31-4)12-20-22(28)21(25(30)33-6-2)24(34-20)27-23(29)15-9-7-14(3)8-10-15/h7-13,28H,5-6H2,1-4H3/b20-12-,27-24?. The Hall–Kier alpha value is -3.04. The molecule has 9 heteroatoms. The second kappa shape index (κ2) is 11.4. The number of aliphatic imine (C=N–C) groups is 1. The SMILES string of the molecule is CCOC(=O)C1=C(O)/C(=C/c2cc(OC)c(OCC)cc2Br)SC1=NC(=O)c1ccc(C)cc1. The van der Waals surface area contributed by atoms with Gasteiger partial charge >= 0.3 is 5.97 Å². The fraction of sp³-hybridized carbons (Fsp3) is 0.240. The molecule has 1 N–H and O–H groups in total. The van der Waals surface area contributed by atoms with Crippen molar-refractivity contribution < 1.29 is 28.9 Å². The lowest BCUT2D eigenvalue weighted by Gasteiger charge is -2.11. The van der Waals surface area contributed by atoms with Gasteiger partial charge in [0.15, 0.2) is 11.5 Å². The smallest absolute Gasteiger partial charge is 0.344 e. The summed E-state index contributed by atoms with van der Waals surface area (Å²) in [6.45, 7) is 6.03. The molecule has 1 amide bonds. The maximum atomic E-state index is 12.7. The molecular weight excluding hydrogens is 522 g/mol. The highest BCUT2D eigenvalue weighted by atomic mass is 79.9. The largest absolute Gasteiger partial charge is 0.506 e. The summed E-state index contributed by atoms with van der Waals surface area (Å²) in [4.78, 5) is 29.8. The third-order valence-electron chi connectivity index (χ3n) is 4.74. The van der Waals surface area contributed by atoms with Crippen LogP contribution >= 0.6 is 27.7 Å². The first kappa shape index (κ1) is 25.6. The van der Waals surface area contributed by atoms with Crippen LogP contribution in [0.4, 0.5) is 0 Å². The molecule has 1 aliphatic heterocycles. The van der Waals surface area contributed by atoms with Crippen LogP contribution in [0.1, 0.15) is 35.3 Å². The molecule has 0 aliphatic carbocycles. The number of thioether (sulfide) groups is 1. The summed E-state index contributed by atoms with van der Waals surface area (Å²) >= 11 is 4.52. The summed E-state index contributed by atoms with van der Waals surface area (Å²) in [5.74, 6) is -0.510. The number of halogens is 1. The number of carbonyl (C=O) groups is 2. The van der Waals surface area contributed by atoms with E-state index in [1.807, 2.05) is 13.8 Å². The number of benzene rings is 2. The fourth-order valence-corrected chi connectivity index (χ4v) is 4.52. The molecule has 0 fully saturated rings. The molecule has 0 aromatic heterocycles. The molecule has 178 valence electrons. The van der Waals surface area contributed by atoms with E-state index >= 15 is 0 Å². The van der Waals surface area contributed by atoms with Gasteiger partial charge in [0.25, 0.3) is 5.91 Å². The molecule has 3 rings (SSSR count). The van der Waals surface area contributed by atoms with E-state index in [2.05, 4.69) is 20.9 Å². The molecule has 1 heterocycles. The number of methoxy groups -OCH3 is 1.